The first-order valence-electron chi connectivity index (χ1n) is 8.77. The molecule has 0 aliphatic carbocycles. The molecular weight excluding hydrogens is 410 g/mol. The van der Waals surface area contributed by atoms with Gasteiger partial charge in [-0.3, -0.25) is 10.1 Å². The maximum absolute atomic E-state index is 12.4. The molecule has 0 bridgehead atoms. The fourth-order valence-electron chi connectivity index (χ4n) is 2.64. The molecule has 0 spiro atoms. The van der Waals surface area contributed by atoms with Crippen LogP contribution >= 0.6 is 22.9 Å². The number of hydrogen-bond donors (Lipinski definition) is 1. The number of aryl methyl sites for hydroxylation is 1. The van der Waals surface area contributed by atoms with Gasteiger partial charge in [-0.2, -0.15) is 0 Å². The highest BCUT2D eigenvalue weighted by atomic mass is 35.5. The normalized spacial score (nSPS) is 10.7. The minimum atomic E-state index is -0.411. The number of amides is 1. The number of halogens is 1. The second-order valence-corrected chi connectivity index (χ2v) is 7.62. The van der Waals surface area contributed by atoms with E-state index in [0.717, 1.165) is 16.9 Å². The molecule has 0 atom stereocenters. The Bertz CT molecular complexity index is 1160. The second kappa shape index (κ2) is 8.46. The summed E-state index contributed by atoms with van der Waals surface area (Å²) < 4.78 is 11.4. The Hall–Kier alpha value is -3.16. The van der Waals surface area contributed by atoms with Gasteiger partial charge in [0.25, 0.3) is 5.91 Å². The molecule has 0 fully saturated rings. The number of ether oxygens (including phenoxy) is 1. The molecule has 8 heteroatoms. The highest BCUT2D eigenvalue weighted by molar-refractivity contribution is 7.15. The minimum Gasteiger partial charge on any atom is -0.486 e. The van der Waals surface area contributed by atoms with E-state index in [0.29, 0.717) is 20.9 Å². The molecule has 4 aromatic rings. The molecule has 0 saturated carbocycles. The van der Waals surface area contributed by atoms with Crippen molar-refractivity contribution in [3.63, 3.8) is 0 Å². The zero-order valence-electron chi connectivity index (χ0n) is 15.4. The summed E-state index contributed by atoms with van der Waals surface area (Å²) in [7, 11) is 0. The average molecular weight is 426 g/mol. The molecule has 1 N–H and O–H groups in total. The first kappa shape index (κ1) is 19.2. The summed E-state index contributed by atoms with van der Waals surface area (Å²) in [5.41, 5.74) is 1.76. The Morgan fingerprint density at radius 1 is 1.10 bits per heavy atom. The van der Waals surface area contributed by atoms with Crippen LogP contribution in [0.2, 0.25) is 5.02 Å². The quantitative estimate of drug-likeness (QED) is 0.435. The molecule has 0 saturated heterocycles. The molecule has 0 unspecified atom stereocenters. The van der Waals surface area contributed by atoms with Crippen LogP contribution in [0.15, 0.2) is 65.1 Å². The maximum atomic E-state index is 12.4. The number of nitrogens with zero attached hydrogens (tertiary/aromatic N) is 2. The summed E-state index contributed by atoms with van der Waals surface area (Å²) in [6, 6.07) is 18.3. The molecule has 0 radical (unpaired) electrons. The molecule has 4 rings (SSSR count). The predicted molar refractivity (Wildman–Crippen MR) is 113 cm³/mol. The number of nitrogens with one attached hydrogen (secondary N) is 1. The van der Waals surface area contributed by atoms with E-state index in [1.807, 2.05) is 49.4 Å². The molecule has 2 heterocycles. The number of anilines is 1. The summed E-state index contributed by atoms with van der Waals surface area (Å²) in [4.78, 5) is 12.4. The number of benzene rings is 2. The molecule has 2 aromatic heterocycles. The Morgan fingerprint density at radius 3 is 2.72 bits per heavy atom. The van der Waals surface area contributed by atoms with Gasteiger partial charge in [-0.15, -0.1) is 10.2 Å². The van der Waals surface area contributed by atoms with Crippen LogP contribution < -0.4 is 10.1 Å². The van der Waals surface area contributed by atoms with Gasteiger partial charge in [0, 0.05) is 5.56 Å². The van der Waals surface area contributed by atoms with Gasteiger partial charge in [0.05, 0.1) is 5.02 Å². The van der Waals surface area contributed by atoms with Gasteiger partial charge < -0.3 is 9.15 Å². The Labute approximate surface area is 176 Å². The fraction of sp³-hybridized carbons (Fsp3) is 0.0952. The van der Waals surface area contributed by atoms with E-state index in [9.17, 15) is 4.79 Å². The van der Waals surface area contributed by atoms with Gasteiger partial charge in [-0.1, -0.05) is 53.3 Å². The number of carbonyl (C=O) groups is 1. The van der Waals surface area contributed by atoms with Gasteiger partial charge in [0.1, 0.15) is 18.1 Å². The first-order valence-corrected chi connectivity index (χ1v) is 9.96. The smallest absolute Gasteiger partial charge is 0.293 e. The summed E-state index contributed by atoms with van der Waals surface area (Å²) in [5, 5.41) is 12.3. The average Bonchev–Trinajstić information content (AvgIpc) is 3.37. The van der Waals surface area contributed by atoms with Gasteiger partial charge in [-0.05, 0) is 42.8 Å². The van der Waals surface area contributed by atoms with Crippen molar-refractivity contribution in [2.24, 2.45) is 0 Å². The number of aromatic nitrogens is 2. The Balaban J connectivity index is 1.40. The third-order valence-corrected chi connectivity index (χ3v) is 5.24. The molecule has 2 aromatic carbocycles. The molecule has 146 valence electrons. The van der Waals surface area contributed by atoms with Crippen LogP contribution in [0.25, 0.3) is 11.3 Å². The molecule has 6 nitrogen and oxygen atoms in total. The van der Waals surface area contributed by atoms with Gasteiger partial charge >= 0.3 is 0 Å². The number of furan rings is 1. The first-order chi connectivity index (χ1) is 14.1. The zero-order valence-corrected chi connectivity index (χ0v) is 17.0. The van der Waals surface area contributed by atoms with Crippen LogP contribution in [0.4, 0.5) is 5.13 Å². The largest absolute Gasteiger partial charge is 0.486 e. The van der Waals surface area contributed by atoms with Crippen LogP contribution in [0.5, 0.6) is 5.75 Å². The zero-order chi connectivity index (χ0) is 20.2. The molecule has 0 aliphatic heterocycles. The van der Waals surface area contributed by atoms with Crippen LogP contribution in [0.3, 0.4) is 0 Å². The standard InChI is InChI=1S/C21H16ClN3O3S/c1-13-6-2-5-9-16(13)27-12-19-24-25-21(29-19)23-20(26)18-11-10-17(28-18)14-7-3-4-8-15(14)22/h2-11H,12H2,1H3,(H,23,25,26). The summed E-state index contributed by atoms with van der Waals surface area (Å²) in [5.74, 6) is 1.06. The van der Waals surface area contributed by atoms with Crippen molar-refractivity contribution in [2.45, 2.75) is 13.5 Å². The molecule has 29 heavy (non-hydrogen) atoms. The number of carbonyl (C=O) groups excluding carboxylic acids is 1. The van der Waals surface area contributed by atoms with Crippen molar-refractivity contribution >= 4 is 34.0 Å². The number of rotatable bonds is 6. The molecular formula is C21H16ClN3O3S. The second-order valence-electron chi connectivity index (χ2n) is 6.15. The molecule has 1 amide bonds. The van der Waals surface area contributed by atoms with Crippen LogP contribution in [-0.4, -0.2) is 16.1 Å². The molecule has 0 aliphatic rings. The van der Waals surface area contributed by atoms with E-state index in [-0.39, 0.29) is 12.4 Å². The van der Waals surface area contributed by atoms with E-state index in [1.54, 1.807) is 18.2 Å². The third kappa shape index (κ3) is 4.47. The van der Waals surface area contributed by atoms with Crippen molar-refractivity contribution in [3.8, 4) is 17.1 Å². The highest BCUT2D eigenvalue weighted by Gasteiger charge is 2.16. The van der Waals surface area contributed by atoms with Crippen LogP contribution in [-0.2, 0) is 6.61 Å². The van der Waals surface area contributed by atoms with E-state index >= 15 is 0 Å². The Morgan fingerprint density at radius 2 is 1.90 bits per heavy atom. The van der Waals surface area contributed by atoms with Crippen LogP contribution in [0, 0.1) is 6.92 Å². The van der Waals surface area contributed by atoms with Crippen molar-refractivity contribution in [1.29, 1.82) is 0 Å². The van der Waals surface area contributed by atoms with Crippen LogP contribution in [0.1, 0.15) is 21.1 Å². The topological polar surface area (TPSA) is 77.3 Å². The lowest BCUT2D eigenvalue weighted by Crippen LogP contribution is -2.10. The summed E-state index contributed by atoms with van der Waals surface area (Å²) in [6.45, 7) is 2.25. The lowest BCUT2D eigenvalue weighted by Gasteiger charge is -2.06. The lowest BCUT2D eigenvalue weighted by molar-refractivity contribution is 0.0997. The lowest BCUT2D eigenvalue weighted by atomic mass is 10.2. The van der Waals surface area contributed by atoms with Crippen molar-refractivity contribution in [2.75, 3.05) is 5.32 Å². The van der Waals surface area contributed by atoms with Gasteiger partial charge in [-0.25, -0.2) is 0 Å². The summed E-state index contributed by atoms with van der Waals surface area (Å²) in [6.07, 6.45) is 0. The van der Waals surface area contributed by atoms with E-state index in [2.05, 4.69) is 15.5 Å². The highest BCUT2D eigenvalue weighted by Crippen LogP contribution is 2.29. The number of para-hydroxylation sites is 1. The van der Waals surface area contributed by atoms with Gasteiger partial charge in [0.15, 0.2) is 10.8 Å². The SMILES string of the molecule is Cc1ccccc1OCc1nnc(NC(=O)c2ccc(-c3ccccc3Cl)o2)s1. The number of hydrogen-bond acceptors (Lipinski definition) is 6. The van der Waals surface area contributed by atoms with E-state index in [4.69, 9.17) is 20.8 Å². The van der Waals surface area contributed by atoms with E-state index < -0.39 is 5.91 Å². The monoisotopic (exact) mass is 425 g/mol. The van der Waals surface area contributed by atoms with Crippen molar-refractivity contribution in [3.05, 3.63) is 82.0 Å². The summed E-state index contributed by atoms with van der Waals surface area (Å²) >= 11 is 7.42. The van der Waals surface area contributed by atoms with Crippen molar-refractivity contribution in [1.82, 2.24) is 10.2 Å². The predicted octanol–water partition coefficient (Wildman–Crippen LogP) is 5.59. The Kier molecular flexibility index (Phi) is 5.59. The fourth-order valence-corrected chi connectivity index (χ4v) is 3.52. The third-order valence-electron chi connectivity index (χ3n) is 4.10. The van der Waals surface area contributed by atoms with Gasteiger partial charge in [0.2, 0.25) is 5.13 Å². The minimum absolute atomic E-state index is 0.160. The van der Waals surface area contributed by atoms with E-state index in [1.165, 1.54) is 11.3 Å². The maximum Gasteiger partial charge on any atom is 0.293 e. The van der Waals surface area contributed by atoms with Crippen molar-refractivity contribution < 1.29 is 13.9 Å².